The van der Waals surface area contributed by atoms with Crippen LogP contribution in [0.4, 0.5) is 0 Å². The minimum Gasteiger partial charge on any atom is -0.462 e. The second-order valence-electron chi connectivity index (χ2n) is 24.6. The molecule has 0 aliphatic carbocycles. The van der Waals surface area contributed by atoms with Crippen molar-refractivity contribution in [3.05, 3.63) is 0 Å². The Morgan fingerprint density at radius 2 is 0.592 bits per heavy atom. The molecule has 0 amide bonds. The first-order valence-electron chi connectivity index (χ1n) is 33.8. The molecule has 10 heteroatoms. The maximum Gasteiger partial charge on any atom is 0.472 e. The molecule has 0 aliphatic heterocycles. The van der Waals surface area contributed by atoms with Gasteiger partial charge in [-0.05, 0) is 12.8 Å². The molecule has 0 heterocycles. The Labute approximate surface area is 474 Å². The van der Waals surface area contributed by atoms with Gasteiger partial charge in [-0.15, -0.1) is 0 Å². The lowest BCUT2D eigenvalue weighted by Crippen LogP contribution is -2.37. The van der Waals surface area contributed by atoms with Crippen LogP contribution in [0.25, 0.3) is 0 Å². The van der Waals surface area contributed by atoms with Gasteiger partial charge < -0.3 is 18.9 Å². The number of phosphoric ester groups is 1. The van der Waals surface area contributed by atoms with Crippen molar-refractivity contribution in [1.82, 2.24) is 0 Å². The van der Waals surface area contributed by atoms with Crippen molar-refractivity contribution in [2.45, 2.75) is 367 Å². The Balaban J connectivity index is 3.75. The van der Waals surface area contributed by atoms with Crippen LogP contribution >= 0.6 is 7.82 Å². The first kappa shape index (κ1) is 75.0. The van der Waals surface area contributed by atoms with Crippen LogP contribution in [-0.4, -0.2) is 74.9 Å². The smallest absolute Gasteiger partial charge is 0.462 e. The zero-order chi connectivity index (χ0) is 55.6. The molecule has 0 spiro atoms. The summed E-state index contributed by atoms with van der Waals surface area (Å²) in [5.74, 6) is -0.777. The third-order valence-corrected chi connectivity index (χ3v) is 16.6. The van der Waals surface area contributed by atoms with Gasteiger partial charge in [0, 0.05) is 12.8 Å². The lowest BCUT2D eigenvalue weighted by molar-refractivity contribution is -0.870. The van der Waals surface area contributed by atoms with Crippen molar-refractivity contribution >= 4 is 19.8 Å². The molecule has 9 nitrogen and oxygen atoms in total. The highest BCUT2D eigenvalue weighted by atomic mass is 31.2. The van der Waals surface area contributed by atoms with Crippen LogP contribution in [0.15, 0.2) is 0 Å². The molecule has 0 aromatic carbocycles. The van der Waals surface area contributed by atoms with Crippen LogP contribution in [0.1, 0.15) is 361 Å². The summed E-state index contributed by atoms with van der Waals surface area (Å²) in [5, 5.41) is 0. The highest BCUT2D eigenvalue weighted by Gasteiger charge is 2.27. The lowest BCUT2D eigenvalue weighted by Gasteiger charge is -2.24. The van der Waals surface area contributed by atoms with Crippen molar-refractivity contribution in [2.75, 3.05) is 47.5 Å². The summed E-state index contributed by atoms with van der Waals surface area (Å²) in [6.45, 7) is 4.49. The average Bonchev–Trinajstić information content (AvgIpc) is 3.38. The second-order valence-corrected chi connectivity index (χ2v) is 26.0. The van der Waals surface area contributed by atoms with Gasteiger partial charge in [-0.25, -0.2) is 4.57 Å². The Bertz CT molecular complexity index is 1240. The lowest BCUT2D eigenvalue weighted by atomic mass is 10.0. The number of nitrogens with zero attached hydrogens (tertiary/aromatic N) is 1. The van der Waals surface area contributed by atoms with Gasteiger partial charge in [0.05, 0.1) is 27.7 Å². The first-order chi connectivity index (χ1) is 37.0. The van der Waals surface area contributed by atoms with Crippen LogP contribution in [0, 0.1) is 0 Å². The zero-order valence-corrected chi connectivity index (χ0v) is 52.7. The van der Waals surface area contributed by atoms with Crippen molar-refractivity contribution in [3.63, 3.8) is 0 Å². The normalized spacial score (nSPS) is 13.1. The molecule has 76 heavy (non-hydrogen) atoms. The molecule has 0 fully saturated rings. The van der Waals surface area contributed by atoms with E-state index in [1.54, 1.807) is 0 Å². The molecule has 0 radical (unpaired) electrons. The molecule has 0 rings (SSSR count). The van der Waals surface area contributed by atoms with E-state index in [9.17, 15) is 19.0 Å². The fourth-order valence-electron chi connectivity index (χ4n) is 10.4. The van der Waals surface area contributed by atoms with E-state index in [4.69, 9.17) is 18.5 Å². The molecule has 1 N–H and O–H groups in total. The third kappa shape index (κ3) is 62.2. The first-order valence-corrected chi connectivity index (χ1v) is 35.3. The summed E-state index contributed by atoms with van der Waals surface area (Å²) in [6.07, 6.45) is 69.6. The molecule has 0 aromatic rings. The largest absolute Gasteiger partial charge is 0.472 e. The van der Waals surface area contributed by atoms with E-state index in [1.807, 2.05) is 21.1 Å². The number of rotatable bonds is 64. The van der Waals surface area contributed by atoms with Gasteiger partial charge >= 0.3 is 19.8 Å². The fraction of sp³-hybridized carbons (Fsp3) is 0.970. The number of likely N-dealkylation sites (N-methyl/N-ethyl adjacent to an activating group) is 1. The third-order valence-electron chi connectivity index (χ3n) is 15.6. The quantitative estimate of drug-likeness (QED) is 0.0278. The van der Waals surface area contributed by atoms with E-state index in [0.717, 1.165) is 38.5 Å². The predicted molar refractivity (Wildman–Crippen MR) is 326 cm³/mol. The molecule has 0 saturated heterocycles. The number of carbonyl (C=O) groups is 2. The number of hydrogen-bond acceptors (Lipinski definition) is 7. The summed E-state index contributed by atoms with van der Waals surface area (Å²) in [6, 6.07) is 0. The van der Waals surface area contributed by atoms with Gasteiger partial charge in [0.1, 0.15) is 19.8 Å². The molecule has 0 saturated carbocycles. The average molecular weight is 1100 g/mol. The maximum atomic E-state index is 12.8. The molecule has 2 atom stereocenters. The Kier molecular flexibility index (Phi) is 57.9. The van der Waals surface area contributed by atoms with E-state index in [-0.39, 0.29) is 25.6 Å². The molecule has 0 aliphatic rings. The van der Waals surface area contributed by atoms with E-state index >= 15 is 0 Å². The van der Waals surface area contributed by atoms with E-state index < -0.39 is 26.5 Å². The number of carbonyl (C=O) groups excluding carboxylic acids is 2. The van der Waals surface area contributed by atoms with Gasteiger partial charge in [0.25, 0.3) is 0 Å². The Morgan fingerprint density at radius 1 is 0.355 bits per heavy atom. The highest BCUT2D eigenvalue weighted by molar-refractivity contribution is 7.47. The molecule has 454 valence electrons. The highest BCUT2D eigenvalue weighted by Crippen LogP contribution is 2.43. The van der Waals surface area contributed by atoms with E-state index in [2.05, 4.69) is 13.8 Å². The number of unbranched alkanes of at least 4 members (excludes halogenated alkanes) is 50. The second kappa shape index (κ2) is 58.7. The summed E-state index contributed by atoms with van der Waals surface area (Å²) >= 11 is 0. The van der Waals surface area contributed by atoms with E-state index in [1.165, 1.54) is 295 Å². The molecular formula is C66H133NO8P+. The Hall–Kier alpha value is -0.990. The van der Waals surface area contributed by atoms with Crippen molar-refractivity contribution in [1.29, 1.82) is 0 Å². The number of quaternary nitrogens is 1. The van der Waals surface area contributed by atoms with Crippen LogP contribution in [0.3, 0.4) is 0 Å². The van der Waals surface area contributed by atoms with Crippen LogP contribution in [0.5, 0.6) is 0 Å². The maximum absolute atomic E-state index is 12.8. The summed E-state index contributed by atoms with van der Waals surface area (Å²) in [7, 11) is 1.50. The number of esters is 2. The van der Waals surface area contributed by atoms with Crippen molar-refractivity contribution in [3.8, 4) is 0 Å². The van der Waals surface area contributed by atoms with Gasteiger partial charge in [-0.3, -0.25) is 18.6 Å². The van der Waals surface area contributed by atoms with Crippen LogP contribution < -0.4 is 0 Å². The van der Waals surface area contributed by atoms with Crippen molar-refractivity contribution < 1.29 is 42.1 Å². The minimum absolute atomic E-state index is 0.0372. The predicted octanol–water partition coefficient (Wildman–Crippen LogP) is 21.4. The Morgan fingerprint density at radius 3 is 0.842 bits per heavy atom. The zero-order valence-electron chi connectivity index (χ0n) is 51.8. The number of ether oxygens (including phenoxy) is 2. The minimum atomic E-state index is -4.37. The monoisotopic (exact) mass is 1100 g/mol. The van der Waals surface area contributed by atoms with Crippen LogP contribution in [-0.2, 0) is 32.7 Å². The topological polar surface area (TPSA) is 108 Å². The fourth-order valence-corrected chi connectivity index (χ4v) is 11.2. The van der Waals surface area contributed by atoms with Crippen molar-refractivity contribution in [2.24, 2.45) is 0 Å². The van der Waals surface area contributed by atoms with E-state index in [0.29, 0.717) is 17.4 Å². The molecular weight excluding hydrogens is 966 g/mol. The molecule has 0 aromatic heterocycles. The summed E-state index contributed by atoms with van der Waals surface area (Å²) in [4.78, 5) is 35.6. The molecule has 0 bridgehead atoms. The standard InChI is InChI=1S/C66H132NO8P/c1-6-8-10-12-14-16-18-19-20-21-22-23-24-25-26-27-28-29-30-31-32-33-34-35-36-37-38-39-40-41-42-43-44-45-46-47-49-51-53-55-57-59-66(69)75-64(63-74-76(70,71)73-61-60-67(3,4)5)62-72-65(68)58-56-54-52-50-48-17-15-13-11-9-7-2/h64H,6-63H2,1-5H3/p+1. The summed E-state index contributed by atoms with van der Waals surface area (Å²) in [5.41, 5.74) is 0. The summed E-state index contributed by atoms with van der Waals surface area (Å²) < 4.78 is 34.5. The van der Waals surface area contributed by atoms with Gasteiger partial charge in [0.15, 0.2) is 6.10 Å². The number of hydrogen-bond donors (Lipinski definition) is 1. The van der Waals surface area contributed by atoms with Gasteiger partial charge in [-0.2, -0.15) is 0 Å². The van der Waals surface area contributed by atoms with Gasteiger partial charge in [0.2, 0.25) is 0 Å². The molecule has 2 unspecified atom stereocenters. The van der Waals surface area contributed by atoms with Gasteiger partial charge in [-0.1, -0.05) is 335 Å². The number of phosphoric acid groups is 1. The SMILES string of the molecule is CCCCCCCCCCCCCCCCCCCCCCCCCCCCCCCCCCCCCCCCCCCC(=O)OC(COC(=O)CCCCCCCCCCCCC)COP(=O)(O)OCC[N+](C)(C)C. The van der Waals surface area contributed by atoms with Crippen LogP contribution in [0.2, 0.25) is 0 Å².